The van der Waals surface area contributed by atoms with Crippen molar-refractivity contribution < 1.29 is 13.2 Å². The Hall–Kier alpha value is -2.64. The van der Waals surface area contributed by atoms with Crippen LogP contribution < -0.4 is 9.62 Å². The van der Waals surface area contributed by atoms with E-state index in [0.29, 0.717) is 23.4 Å². The lowest BCUT2D eigenvalue weighted by Gasteiger charge is -2.24. The quantitative estimate of drug-likeness (QED) is 0.556. The predicted octanol–water partition coefficient (Wildman–Crippen LogP) is 5.15. The summed E-state index contributed by atoms with van der Waals surface area (Å²) in [7, 11) is -3.68. The fraction of sp³-hybridized carbons (Fsp3) is 0.174. The number of anilines is 2. The minimum absolute atomic E-state index is 0.229. The summed E-state index contributed by atoms with van der Waals surface area (Å²) in [4.78, 5) is 13.0. The molecule has 3 aromatic carbocycles. The molecule has 1 N–H and O–H groups in total. The summed E-state index contributed by atoms with van der Waals surface area (Å²) in [6, 6.07) is 19.2. The zero-order chi connectivity index (χ0) is 21.5. The Morgan fingerprint density at radius 3 is 2.47 bits per heavy atom. The number of nitrogens with one attached hydrogen (secondary N) is 1. The van der Waals surface area contributed by atoms with Crippen molar-refractivity contribution in [1.82, 2.24) is 0 Å². The first-order valence-corrected chi connectivity index (χ1v) is 11.8. The molecule has 0 spiro atoms. The van der Waals surface area contributed by atoms with Gasteiger partial charge < -0.3 is 5.32 Å². The van der Waals surface area contributed by atoms with Gasteiger partial charge in [-0.2, -0.15) is 0 Å². The van der Waals surface area contributed by atoms with Gasteiger partial charge in [0.25, 0.3) is 15.9 Å². The third kappa shape index (κ3) is 3.75. The van der Waals surface area contributed by atoms with Crippen molar-refractivity contribution in [3.05, 3.63) is 87.9 Å². The lowest BCUT2D eigenvalue weighted by Crippen LogP contribution is -2.35. The number of nitrogens with zero attached hydrogens (tertiary/aromatic N) is 1. The van der Waals surface area contributed by atoms with Gasteiger partial charge in [-0.3, -0.25) is 9.10 Å². The standard InChI is InChI=1S/C23H21BrN2O3S/c1-15-7-10-19(11-8-15)30(28,29)26-16(2)13-18-14-17(9-12-22(18)26)23(27)25-21-6-4-3-5-20(21)24/h3-12,14,16H,13H2,1-2H3,(H,25,27)/t16-/m1/s1. The van der Waals surface area contributed by atoms with Gasteiger partial charge in [0.15, 0.2) is 0 Å². The SMILES string of the molecule is Cc1ccc(S(=O)(=O)N2c3ccc(C(=O)Nc4ccccc4Br)cc3C[C@H]2C)cc1. The number of benzene rings is 3. The molecule has 4 rings (SSSR count). The van der Waals surface area contributed by atoms with E-state index < -0.39 is 10.0 Å². The Balaban J connectivity index is 1.64. The summed E-state index contributed by atoms with van der Waals surface area (Å²) in [5.74, 6) is -0.239. The number of amides is 1. The molecule has 0 radical (unpaired) electrons. The van der Waals surface area contributed by atoms with E-state index in [1.807, 2.05) is 38.1 Å². The third-order valence-electron chi connectivity index (χ3n) is 5.19. The van der Waals surface area contributed by atoms with E-state index >= 15 is 0 Å². The van der Waals surface area contributed by atoms with Gasteiger partial charge in [-0.15, -0.1) is 0 Å². The molecule has 0 saturated carbocycles. The molecule has 0 fully saturated rings. The number of hydrogen-bond acceptors (Lipinski definition) is 3. The minimum atomic E-state index is -3.68. The molecule has 1 aliphatic rings. The van der Waals surface area contributed by atoms with Gasteiger partial charge >= 0.3 is 0 Å². The average molecular weight is 485 g/mol. The summed E-state index contributed by atoms with van der Waals surface area (Å²) in [5.41, 5.74) is 3.65. The molecule has 1 atom stereocenters. The van der Waals surface area contributed by atoms with Gasteiger partial charge in [0.1, 0.15) is 0 Å². The van der Waals surface area contributed by atoms with Gasteiger partial charge in [-0.05, 0) is 84.2 Å². The number of carbonyl (C=O) groups excluding carboxylic acids is 1. The highest BCUT2D eigenvalue weighted by Crippen LogP contribution is 2.37. The predicted molar refractivity (Wildman–Crippen MR) is 123 cm³/mol. The average Bonchev–Trinajstić information content (AvgIpc) is 3.05. The van der Waals surface area contributed by atoms with Crippen molar-refractivity contribution in [3.8, 4) is 0 Å². The van der Waals surface area contributed by atoms with Crippen molar-refractivity contribution >= 4 is 43.2 Å². The van der Waals surface area contributed by atoms with E-state index in [9.17, 15) is 13.2 Å². The van der Waals surface area contributed by atoms with Crippen LogP contribution in [-0.4, -0.2) is 20.4 Å². The second-order valence-corrected chi connectivity index (χ2v) is 10.1. The van der Waals surface area contributed by atoms with Crippen LogP contribution in [0.2, 0.25) is 0 Å². The first kappa shape index (κ1) is 20.6. The maximum Gasteiger partial charge on any atom is 0.264 e. The number of aryl methyl sites for hydroxylation is 1. The van der Waals surface area contributed by atoms with Crippen molar-refractivity contribution in [2.24, 2.45) is 0 Å². The number of para-hydroxylation sites is 1. The molecule has 0 saturated heterocycles. The van der Waals surface area contributed by atoms with E-state index in [4.69, 9.17) is 0 Å². The topological polar surface area (TPSA) is 66.5 Å². The molecule has 3 aromatic rings. The number of fused-ring (bicyclic) bond motifs is 1. The minimum Gasteiger partial charge on any atom is -0.321 e. The van der Waals surface area contributed by atoms with Crippen LogP contribution in [0.15, 0.2) is 76.1 Å². The summed E-state index contributed by atoms with van der Waals surface area (Å²) in [6.07, 6.45) is 0.552. The number of carbonyl (C=O) groups is 1. The number of hydrogen-bond donors (Lipinski definition) is 1. The zero-order valence-electron chi connectivity index (χ0n) is 16.6. The number of rotatable bonds is 4. The van der Waals surface area contributed by atoms with Crippen molar-refractivity contribution in [2.75, 3.05) is 9.62 Å². The van der Waals surface area contributed by atoms with Crippen LogP contribution in [0.5, 0.6) is 0 Å². The lowest BCUT2D eigenvalue weighted by atomic mass is 10.1. The summed E-state index contributed by atoms with van der Waals surface area (Å²) in [5, 5.41) is 2.88. The second kappa shape index (κ2) is 7.89. The normalized spacial score (nSPS) is 15.7. The first-order valence-electron chi connectivity index (χ1n) is 9.57. The monoisotopic (exact) mass is 484 g/mol. The number of halogens is 1. The molecule has 0 aromatic heterocycles. The van der Waals surface area contributed by atoms with Crippen LogP contribution in [0.3, 0.4) is 0 Å². The van der Waals surface area contributed by atoms with Gasteiger partial charge in [-0.1, -0.05) is 29.8 Å². The molecule has 30 heavy (non-hydrogen) atoms. The van der Waals surface area contributed by atoms with E-state index in [2.05, 4.69) is 21.2 Å². The molecular formula is C23H21BrN2O3S. The molecule has 0 unspecified atom stereocenters. The smallest absolute Gasteiger partial charge is 0.264 e. The fourth-order valence-corrected chi connectivity index (χ4v) is 5.77. The Morgan fingerprint density at radius 1 is 1.07 bits per heavy atom. The van der Waals surface area contributed by atoms with Gasteiger partial charge in [-0.25, -0.2) is 8.42 Å². The van der Waals surface area contributed by atoms with Crippen molar-refractivity contribution in [3.63, 3.8) is 0 Å². The van der Waals surface area contributed by atoms with Gasteiger partial charge in [0.2, 0.25) is 0 Å². The molecule has 7 heteroatoms. The van der Waals surface area contributed by atoms with E-state index in [1.165, 1.54) is 4.31 Å². The molecular weight excluding hydrogens is 464 g/mol. The third-order valence-corrected chi connectivity index (χ3v) is 7.83. The van der Waals surface area contributed by atoms with Gasteiger partial charge in [0, 0.05) is 16.1 Å². The Bertz CT molecular complexity index is 1220. The molecule has 0 bridgehead atoms. The fourth-order valence-electron chi connectivity index (χ4n) is 3.69. The maximum atomic E-state index is 13.3. The molecule has 1 heterocycles. The molecule has 1 aliphatic heterocycles. The summed E-state index contributed by atoms with van der Waals surface area (Å²) in [6.45, 7) is 3.80. The van der Waals surface area contributed by atoms with Crippen LogP contribution in [0, 0.1) is 6.92 Å². The van der Waals surface area contributed by atoms with Crippen molar-refractivity contribution in [1.29, 1.82) is 0 Å². The van der Waals surface area contributed by atoms with Crippen molar-refractivity contribution in [2.45, 2.75) is 31.2 Å². The molecule has 0 aliphatic carbocycles. The maximum absolute atomic E-state index is 13.3. The lowest BCUT2D eigenvalue weighted by molar-refractivity contribution is 0.102. The van der Waals surface area contributed by atoms with Crippen LogP contribution in [0.25, 0.3) is 0 Å². The van der Waals surface area contributed by atoms with Crippen LogP contribution in [0.4, 0.5) is 11.4 Å². The number of sulfonamides is 1. The second-order valence-electron chi connectivity index (χ2n) is 7.44. The van der Waals surface area contributed by atoms with Crippen LogP contribution in [-0.2, 0) is 16.4 Å². The van der Waals surface area contributed by atoms with Crippen LogP contribution >= 0.6 is 15.9 Å². The van der Waals surface area contributed by atoms with E-state index in [-0.39, 0.29) is 16.8 Å². The highest BCUT2D eigenvalue weighted by atomic mass is 79.9. The summed E-state index contributed by atoms with van der Waals surface area (Å²) < 4.78 is 28.8. The molecule has 154 valence electrons. The Kier molecular flexibility index (Phi) is 5.42. The largest absolute Gasteiger partial charge is 0.321 e. The van der Waals surface area contributed by atoms with E-state index in [1.54, 1.807) is 42.5 Å². The first-order chi connectivity index (χ1) is 14.3. The van der Waals surface area contributed by atoms with E-state index in [0.717, 1.165) is 15.6 Å². The Morgan fingerprint density at radius 2 is 1.77 bits per heavy atom. The molecule has 5 nitrogen and oxygen atoms in total. The van der Waals surface area contributed by atoms with Gasteiger partial charge in [0.05, 0.1) is 16.3 Å². The highest BCUT2D eigenvalue weighted by Gasteiger charge is 2.36. The highest BCUT2D eigenvalue weighted by molar-refractivity contribution is 9.10. The molecule has 1 amide bonds. The van der Waals surface area contributed by atoms with Crippen LogP contribution in [0.1, 0.15) is 28.4 Å². The Labute approximate surface area is 184 Å². The zero-order valence-corrected chi connectivity index (χ0v) is 19.0. The summed E-state index contributed by atoms with van der Waals surface area (Å²) >= 11 is 3.42.